The number of aryl methyl sites for hydroxylation is 1. The number of H-pyrrole nitrogens is 1. The lowest BCUT2D eigenvalue weighted by atomic mass is 10.1. The van der Waals surface area contributed by atoms with Crippen molar-refractivity contribution in [2.24, 2.45) is 0 Å². The minimum absolute atomic E-state index is 0.193. The number of nitrogens with one attached hydrogen (secondary N) is 2. The quantitative estimate of drug-likeness (QED) is 0.574. The number of aromatic nitrogens is 1. The van der Waals surface area contributed by atoms with Crippen LogP contribution in [0.4, 0.5) is 5.69 Å². The molecule has 2 aromatic heterocycles. The second-order valence-corrected chi connectivity index (χ2v) is 5.76. The van der Waals surface area contributed by atoms with Crippen LogP contribution in [0.25, 0.3) is 22.1 Å². The SMILES string of the molecule is Cc1c(C(=O)Nc2ccc3oc(=O)[nH]c3c2)oc2c(Cl)cccc12. The summed E-state index contributed by atoms with van der Waals surface area (Å²) >= 11 is 6.11. The molecule has 4 rings (SSSR count). The lowest BCUT2D eigenvalue weighted by molar-refractivity contribution is 0.0998. The molecule has 120 valence electrons. The molecule has 2 heterocycles. The molecular weight excluding hydrogens is 332 g/mol. The number of para-hydroxylation sites is 1. The van der Waals surface area contributed by atoms with E-state index in [1.807, 2.05) is 6.07 Å². The van der Waals surface area contributed by atoms with Crippen molar-refractivity contribution in [1.29, 1.82) is 0 Å². The average molecular weight is 343 g/mol. The summed E-state index contributed by atoms with van der Waals surface area (Å²) in [6.45, 7) is 1.80. The Morgan fingerprint density at radius 1 is 1.21 bits per heavy atom. The van der Waals surface area contributed by atoms with Gasteiger partial charge < -0.3 is 14.2 Å². The number of carbonyl (C=O) groups is 1. The second kappa shape index (κ2) is 5.28. The van der Waals surface area contributed by atoms with E-state index in [0.717, 1.165) is 5.39 Å². The molecule has 24 heavy (non-hydrogen) atoms. The first-order chi connectivity index (χ1) is 11.5. The first kappa shape index (κ1) is 14.6. The zero-order chi connectivity index (χ0) is 16.8. The highest BCUT2D eigenvalue weighted by Gasteiger charge is 2.19. The predicted octanol–water partition coefficient (Wildman–Crippen LogP) is 4.08. The Bertz CT molecular complexity index is 1150. The van der Waals surface area contributed by atoms with Crippen LogP contribution in [0.15, 0.2) is 50.0 Å². The van der Waals surface area contributed by atoms with Crippen molar-refractivity contribution in [3.05, 3.63) is 63.3 Å². The maximum atomic E-state index is 12.5. The van der Waals surface area contributed by atoms with Crippen LogP contribution in [0.2, 0.25) is 5.02 Å². The lowest BCUT2D eigenvalue weighted by Gasteiger charge is -2.03. The number of hydrogen-bond donors (Lipinski definition) is 2. The molecule has 0 fully saturated rings. The van der Waals surface area contributed by atoms with Crippen molar-refractivity contribution in [2.75, 3.05) is 5.32 Å². The minimum atomic E-state index is -0.545. The number of anilines is 1. The average Bonchev–Trinajstić information content (AvgIpc) is 3.08. The summed E-state index contributed by atoms with van der Waals surface area (Å²) < 4.78 is 10.6. The Kier molecular flexibility index (Phi) is 3.21. The van der Waals surface area contributed by atoms with Gasteiger partial charge >= 0.3 is 5.76 Å². The van der Waals surface area contributed by atoms with Gasteiger partial charge in [-0.25, -0.2) is 4.79 Å². The number of furan rings is 1. The third kappa shape index (κ3) is 2.28. The molecule has 0 bridgehead atoms. The first-order valence-corrected chi connectivity index (χ1v) is 7.52. The Labute approximate surface area is 140 Å². The highest BCUT2D eigenvalue weighted by atomic mass is 35.5. The molecule has 4 aromatic rings. The van der Waals surface area contributed by atoms with Gasteiger partial charge in [0, 0.05) is 16.6 Å². The molecule has 0 saturated heterocycles. The number of rotatable bonds is 2. The molecule has 2 N–H and O–H groups in total. The van der Waals surface area contributed by atoms with Gasteiger partial charge in [-0.15, -0.1) is 0 Å². The van der Waals surface area contributed by atoms with Crippen LogP contribution in [0.1, 0.15) is 16.1 Å². The van der Waals surface area contributed by atoms with Crippen molar-refractivity contribution in [2.45, 2.75) is 6.92 Å². The van der Waals surface area contributed by atoms with E-state index in [2.05, 4.69) is 10.3 Å². The molecule has 7 heteroatoms. The zero-order valence-electron chi connectivity index (χ0n) is 12.5. The van der Waals surface area contributed by atoms with E-state index in [4.69, 9.17) is 20.4 Å². The van der Waals surface area contributed by atoms with Crippen LogP contribution in [-0.4, -0.2) is 10.9 Å². The molecule has 0 atom stereocenters. The topological polar surface area (TPSA) is 88.2 Å². The summed E-state index contributed by atoms with van der Waals surface area (Å²) in [6, 6.07) is 10.2. The van der Waals surface area contributed by atoms with Gasteiger partial charge in [-0.2, -0.15) is 0 Å². The van der Waals surface area contributed by atoms with Crippen molar-refractivity contribution < 1.29 is 13.6 Å². The molecular formula is C17H11ClN2O4. The molecule has 0 aliphatic carbocycles. The largest absolute Gasteiger partial charge is 0.449 e. The van der Waals surface area contributed by atoms with Gasteiger partial charge in [0.2, 0.25) is 0 Å². The number of halogens is 1. The summed E-state index contributed by atoms with van der Waals surface area (Å²) in [6.07, 6.45) is 0. The van der Waals surface area contributed by atoms with Crippen molar-refractivity contribution in [3.8, 4) is 0 Å². The summed E-state index contributed by atoms with van der Waals surface area (Å²) in [5.74, 6) is -0.750. The molecule has 2 aromatic carbocycles. The van der Waals surface area contributed by atoms with Crippen LogP contribution in [-0.2, 0) is 0 Å². The van der Waals surface area contributed by atoms with E-state index in [1.54, 1.807) is 37.3 Å². The van der Waals surface area contributed by atoms with Crippen LogP contribution in [0.3, 0.4) is 0 Å². The van der Waals surface area contributed by atoms with Gasteiger partial charge in [0.05, 0.1) is 10.5 Å². The third-order valence-corrected chi connectivity index (χ3v) is 4.10. The Balaban J connectivity index is 1.71. The van der Waals surface area contributed by atoms with E-state index in [1.165, 1.54) is 0 Å². The van der Waals surface area contributed by atoms with E-state index < -0.39 is 11.7 Å². The van der Waals surface area contributed by atoms with Gasteiger partial charge in [0.15, 0.2) is 16.9 Å². The number of hydrogen-bond acceptors (Lipinski definition) is 4. The van der Waals surface area contributed by atoms with Crippen molar-refractivity contribution in [1.82, 2.24) is 4.98 Å². The number of fused-ring (bicyclic) bond motifs is 2. The van der Waals surface area contributed by atoms with Gasteiger partial charge in [-0.05, 0) is 31.2 Å². The van der Waals surface area contributed by atoms with Crippen LogP contribution in [0, 0.1) is 6.92 Å². The molecule has 6 nitrogen and oxygen atoms in total. The number of carbonyl (C=O) groups excluding carboxylic acids is 1. The predicted molar refractivity (Wildman–Crippen MR) is 90.7 cm³/mol. The Morgan fingerprint density at radius 3 is 2.83 bits per heavy atom. The van der Waals surface area contributed by atoms with Gasteiger partial charge in [-0.3, -0.25) is 9.78 Å². The standard InChI is InChI=1S/C17H11ClN2O4/c1-8-10-3-2-4-11(18)15(10)24-14(8)16(21)19-9-5-6-13-12(7-9)20-17(22)23-13/h2-7H,1H3,(H,19,21)(H,20,22). The van der Waals surface area contributed by atoms with E-state index in [0.29, 0.717) is 33.0 Å². The highest BCUT2D eigenvalue weighted by molar-refractivity contribution is 6.35. The fourth-order valence-corrected chi connectivity index (χ4v) is 2.86. The summed E-state index contributed by atoms with van der Waals surface area (Å²) in [5.41, 5.74) is 2.63. The third-order valence-electron chi connectivity index (χ3n) is 3.80. The maximum Gasteiger partial charge on any atom is 0.417 e. The minimum Gasteiger partial charge on any atom is -0.449 e. The first-order valence-electron chi connectivity index (χ1n) is 7.15. The zero-order valence-corrected chi connectivity index (χ0v) is 13.2. The van der Waals surface area contributed by atoms with Crippen molar-refractivity contribution in [3.63, 3.8) is 0 Å². The second-order valence-electron chi connectivity index (χ2n) is 5.35. The normalized spacial score (nSPS) is 11.2. The van der Waals surface area contributed by atoms with Crippen LogP contribution in [0.5, 0.6) is 0 Å². The Hall–Kier alpha value is -2.99. The highest BCUT2D eigenvalue weighted by Crippen LogP contribution is 2.31. The molecule has 0 saturated carbocycles. The number of amides is 1. The monoisotopic (exact) mass is 342 g/mol. The Morgan fingerprint density at radius 2 is 2.04 bits per heavy atom. The maximum absolute atomic E-state index is 12.5. The van der Waals surface area contributed by atoms with Gasteiger partial charge in [-0.1, -0.05) is 23.7 Å². The van der Waals surface area contributed by atoms with Crippen LogP contribution >= 0.6 is 11.6 Å². The fourth-order valence-electron chi connectivity index (χ4n) is 2.64. The summed E-state index contributed by atoms with van der Waals surface area (Å²) in [4.78, 5) is 26.2. The molecule has 0 spiro atoms. The van der Waals surface area contributed by atoms with E-state index in [9.17, 15) is 9.59 Å². The fraction of sp³-hybridized carbons (Fsp3) is 0.0588. The number of oxazole rings is 1. The lowest BCUT2D eigenvalue weighted by Crippen LogP contribution is -2.12. The molecule has 1 amide bonds. The molecule has 0 aliphatic heterocycles. The van der Waals surface area contributed by atoms with Crippen LogP contribution < -0.4 is 11.1 Å². The summed E-state index contributed by atoms with van der Waals surface area (Å²) in [5, 5.41) is 3.99. The number of benzene rings is 2. The van der Waals surface area contributed by atoms with Gasteiger partial charge in [0.25, 0.3) is 5.91 Å². The molecule has 0 unspecified atom stereocenters. The smallest absolute Gasteiger partial charge is 0.417 e. The van der Waals surface area contributed by atoms with E-state index in [-0.39, 0.29) is 5.76 Å². The van der Waals surface area contributed by atoms with E-state index >= 15 is 0 Å². The number of aromatic amines is 1. The van der Waals surface area contributed by atoms with Gasteiger partial charge in [0.1, 0.15) is 0 Å². The molecule has 0 radical (unpaired) electrons. The van der Waals surface area contributed by atoms with Crippen molar-refractivity contribution >= 4 is 45.3 Å². The molecule has 0 aliphatic rings. The summed E-state index contributed by atoms with van der Waals surface area (Å²) in [7, 11) is 0.